The number of hydrogen-bond acceptors (Lipinski definition) is 5. The molecule has 0 radical (unpaired) electrons. The number of rotatable bonds is 4. The first-order chi connectivity index (χ1) is 19.4. The summed E-state index contributed by atoms with van der Waals surface area (Å²) in [5.41, 5.74) is 1.30. The van der Waals surface area contributed by atoms with Crippen LogP contribution in [0.5, 0.6) is 0 Å². The predicted molar refractivity (Wildman–Crippen MR) is 154 cm³/mol. The Morgan fingerprint density at radius 1 is 0.900 bits per heavy atom. The van der Waals surface area contributed by atoms with Crippen molar-refractivity contribution in [1.82, 2.24) is 25.1 Å². The number of nitrogens with one attached hydrogen (secondary N) is 2. The van der Waals surface area contributed by atoms with Crippen LogP contribution in [0.1, 0.15) is 83.6 Å². The van der Waals surface area contributed by atoms with Crippen molar-refractivity contribution in [2.24, 2.45) is 11.8 Å². The maximum atomic E-state index is 14.2. The zero-order chi connectivity index (χ0) is 27.4. The highest BCUT2D eigenvalue weighted by Gasteiger charge is 2.45. The molecule has 0 spiro atoms. The Morgan fingerprint density at radius 3 is 2.30 bits per heavy atom. The number of urea groups is 1. The predicted octanol–water partition coefficient (Wildman–Crippen LogP) is 4.43. The van der Waals surface area contributed by atoms with Gasteiger partial charge in [0.25, 0.3) is 5.56 Å². The summed E-state index contributed by atoms with van der Waals surface area (Å²) in [6, 6.07) is 9.06. The minimum Gasteiger partial charge on any atom is -0.333 e. The van der Waals surface area contributed by atoms with Gasteiger partial charge in [0.1, 0.15) is 6.17 Å². The smallest absolute Gasteiger partial charge is 0.329 e. The summed E-state index contributed by atoms with van der Waals surface area (Å²) in [5.74, 6) is 1.66. The van der Waals surface area contributed by atoms with Gasteiger partial charge in [-0.2, -0.15) is 0 Å². The molecule has 1 aromatic carbocycles. The van der Waals surface area contributed by atoms with E-state index in [1.807, 2.05) is 28.8 Å². The Kier molecular flexibility index (Phi) is 6.65. The number of piperidine rings is 2. The normalized spacial score (nSPS) is 34.0. The molecule has 2 saturated heterocycles. The first kappa shape index (κ1) is 25.7. The third-order valence-electron chi connectivity index (χ3n) is 10.2. The van der Waals surface area contributed by atoms with Crippen LogP contribution in [0.4, 0.5) is 10.6 Å². The fourth-order valence-electron chi connectivity index (χ4n) is 8.76. The Labute approximate surface area is 235 Å². The monoisotopic (exact) mass is 544 g/mol. The van der Waals surface area contributed by atoms with E-state index in [0.29, 0.717) is 23.6 Å². The van der Waals surface area contributed by atoms with Crippen LogP contribution in [0.2, 0.25) is 0 Å². The molecule has 7 atom stereocenters. The highest BCUT2D eigenvalue weighted by Crippen LogP contribution is 2.47. The second kappa shape index (κ2) is 10.3. The van der Waals surface area contributed by atoms with Gasteiger partial charge in [0.15, 0.2) is 0 Å². The van der Waals surface area contributed by atoms with Gasteiger partial charge in [0.05, 0.1) is 11.0 Å². The number of fused-ring (bicyclic) bond motifs is 5. The SMILES string of the molecule is CC(=O)NC1C=CN(c2nc3ccccc3n(C3C[C@H]4CCC[C@@H](C3)N4C3C[C@H]4CCC[C@@H](C3)C4)c2=O)C(=O)N1. The highest BCUT2D eigenvalue weighted by molar-refractivity contribution is 5.95. The highest BCUT2D eigenvalue weighted by atomic mass is 16.2. The van der Waals surface area contributed by atoms with E-state index in [1.54, 1.807) is 12.3 Å². The van der Waals surface area contributed by atoms with E-state index in [9.17, 15) is 14.4 Å². The lowest BCUT2D eigenvalue weighted by Crippen LogP contribution is -2.59. The molecule has 7 rings (SSSR count). The van der Waals surface area contributed by atoms with Crippen LogP contribution in [-0.2, 0) is 4.79 Å². The van der Waals surface area contributed by atoms with Crippen molar-refractivity contribution in [2.45, 2.75) is 108 Å². The zero-order valence-electron chi connectivity index (χ0n) is 23.3. The van der Waals surface area contributed by atoms with E-state index in [1.165, 1.54) is 69.6 Å². The summed E-state index contributed by atoms with van der Waals surface area (Å²) in [6.45, 7) is 1.40. The van der Waals surface area contributed by atoms with Gasteiger partial charge in [-0.1, -0.05) is 37.8 Å². The molecule has 212 valence electrons. The molecular formula is C31H40N6O3. The average Bonchev–Trinajstić information content (AvgIpc) is 2.92. The maximum Gasteiger partial charge on any atom is 0.329 e. The summed E-state index contributed by atoms with van der Waals surface area (Å²) in [7, 11) is 0. The van der Waals surface area contributed by atoms with Gasteiger partial charge < -0.3 is 15.2 Å². The third-order valence-corrected chi connectivity index (χ3v) is 10.2. The van der Waals surface area contributed by atoms with Gasteiger partial charge in [-0.25, -0.2) is 14.7 Å². The summed E-state index contributed by atoms with van der Waals surface area (Å²) in [5, 5.41) is 5.40. The van der Waals surface area contributed by atoms with Crippen molar-refractivity contribution in [2.75, 3.05) is 4.90 Å². The molecule has 3 aliphatic heterocycles. The van der Waals surface area contributed by atoms with E-state index >= 15 is 0 Å². The van der Waals surface area contributed by atoms with E-state index in [0.717, 1.165) is 30.2 Å². The number of hydrogen-bond donors (Lipinski definition) is 2. The molecule has 1 aromatic heterocycles. The molecule has 2 N–H and O–H groups in total. The van der Waals surface area contributed by atoms with Gasteiger partial charge in [-0.3, -0.25) is 14.5 Å². The lowest BCUT2D eigenvalue weighted by molar-refractivity contribution is -0.119. The second-order valence-corrected chi connectivity index (χ2v) is 12.8. The van der Waals surface area contributed by atoms with Crippen molar-refractivity contribution < 1.29 is 9.59 Å². The lowest BCUT2D eigenvalue weighted by Gasteiger charge is -2.55. The molecule has 2 saturated carbocycles. The van der Waals surface area contributed by atoms with Crippen LogP contribution in [0, 0.1) is 11.8 Å². The van der Waals surface area contributed by atoms with Gasteiger partial charge in [0, 0.05) is 37.3 Å². The summed E-state index contributed by atoms with van der Waals surface area (Å²) >= 11 is 0. The van der Waals surface area contributed by atoms with Crippen LogP contribution in [-0.4, -0.2) is 50.7 Å². The molecule has 3 unspecified atom stereocenters. The van der Waals surface area contributed by atoms with Crippen molar-refractivity contribution in [3.8, 4) is 0 Å². The van der Waals surface area contributed by atoms with E-state index in [-0.39, 0.29) is 23.3 Å². The van der Waals surface area contributed by atoms with Crippen LogP contribution in [0.25, 0.3) is 11.0 Å². The molecule has 40 heavy (non-hydrogen) atoms. The van der Waals surface area contributed by atoms with Crippen LogP contribution >= 0.6 is 0 Å². The Balaban J connectivity index is 1.22. The number of nitrogens with zero attached hydrogens (tertiary/aromatic N) is 4. The Bertz CT molecular complexity index is 1380. The first-order valence-corrected chi connectivity index (χ1v) is 15.3. The molecule has 4 bridgehead atoms. The molecule has 9 heteroatoms. The first-order valence-electron chi connectivity index (χ1n) is 15.3. The maximum absolute atomic E-state index is 14.2. The molecule has 5 aliphatic rings. The van der Waals surface area contributed by atoms with Gasteiger partial charge in [0.2, 0.25) is 11.7 Å². The average molecular weight is 545 g/mol. The van der Waals surface area contributed by atoms with Gasteiger partial charge in [-0.05, 0) is 75.0 Å². The van der Waals surface area contributed by atoms with Crippen LogP contribution in [0.3, 0.4) is 0 Å². The molecule has 2 aliphatic carbocycles. The summed E-state index contributed by atoms with van der Waals surface area (Å²) in [4.78, 5) is 47.5. The van der Waals surface area contributed by atoms with E-state index < -0.39 is 12.2 Å². The van der Waals surface area contributed by atoms with Crippen molar-refractivity contribution >= 4 is 28.8 Å². The number of benzene rings is 1. The lowest BCUT2D eigenvalue weighted by atomic mass is 9.68. The molecular weight excluding hydrogens is 504 g/mol. The number of amides is 3. The quantitative estimate of drug-likeness (QED) is 0.593. The van der Waals surface area contributed by atoms with Gasteiger partial charge in [-0.15, -0.1) is 0 Å². The van der Waals surface area contributed by atoms with Gasteiger partial charge >= 0.3 is 6.03 Å². The van der Waals surface area contributed by atoms with Crippen LogP contribution < -0.4 is 21.1 Å². The van der Waals surface area contributed by atoms with Crippen LogP contribution in [0.15, 0.2) is 41.3 Å². The number of aromatic nitrogens is 2. The Morgan fingerprint density at radius 2 is 1.60 bits per heavy atom. The topological polar surface area (TPSA) is 99.6 Å². The fourth-order valence-corrected chi connectivity index (χ4v) is 8.76. The molecule has 2 aromatic rings. The summed E-state index contributed by atoms with van der Waals surface area (Å²) < 4.78 is 1.94. The minimum atomic E-state index is -0.619. The fraction of sp³-hybridized carbons (Fsp3) is 0.613. The van der Waals surface area contributed by atoms with Crippen molar-refractivity contribution in [1.29, 1.82) is 0 Å². The number of carbonyl (C=O) groups is 2. The third kappa shape index (κ3) is 4.62. The number of anilines is 1. The summed E-state index contributed by atoms with van der Waals surface area (Å²) in [6.07, 6.45) is 16.5. The van der Waals surface area contributed by atoms with E-state index in [4.69, 9.17) is 0 Å². The second-order valence-electron chi connectivity index (χ2n) is 12.8. The minimum absolute atomic E-state index is 0.0674. The van der Waals surface area contributed by atoms with Crippen molar-refractivity contribution in [3.63, 3.8) is 0 Å². The number of para-hydroxylation sites is 2. The largest absolute Gasteiger partial charge is 0.333 e. The van der Waals surface area contributed by atoms with E-state index in [2.05, 4.69) is 20.5 Å². The Hall–Kier alpha value is -3.20. The number of carbonyl (C=O) groups excluding carboxylic acids is 2. The molecule has 9 nitrogen and oxygen atoms in total. The van der Waals surface area contributed by atoms with Crippen molar-refractivity contribution in [3.05, 3.63) is 46.9 Å². The molecule has 3 amide bonds. The zero-order valence-corrected chi connectivity index (χ0v) is 23.3. The molecule has 4 fully saturated rings. The molecule has 4 heterocycles. The standard InChI is InChI=1S/C31H40N6O3/c1-19(38)32-28-12-13-35(31(40)34-28)29-30(39)37(27-11-3-2-10-26(27)33-29)25-17-22-8-5-9-23(18-25)36(22)24-15-20-6-4-7-21(14-20)16-24/h2-3,10-13,20-25,28H,4-9,14-18H2,1H3,(H,32,38)(H,34,40)/t20-,21+,22-,23+,24?,25?,28?.